The van der Waals surface area contributed by atoms with Gasteiger partial charge in [-0.05, 0) is 24.3 Å². The maximum Gasteiger partial charge on any atom is 0.337 e. The molecule has 1 aliphatic heterocycles. The van der Waals surface area contributed by atoms with Crippen LogP contribution in [-0.4, -0.2) is 52.3 Å². The third kappa shape index (κ3) is 4.63. The van der Waals surface area contributed by atoms with E-state index in [0.29, 0.717) is 33.4 Å². The van der Waals surface area contributed by atoms with E-state index in [2.05, 4.69) is 33.8 Å². The number of thiazole rings is 1. The monoisotopic (exact) mass is 530 g/mol. The van der Waals surface area contributed by atoms with Gasteiger partial charge in [-0.15, -0.1) is 0 Å². The van der Waals surface area contributed by atoms with Gasteiger partial charge in [-0.1, -0.05) is 65.7 Å². The van der Waals surface area contributed by atoms with E-state index in [1.807, 2.05) is 24.3 Å². The van der Waals surface area contributed by atoms with Crippen molar-refractivity contribution in [1.29, 1.82) is 0 Å². The van der Waals surface area contributed by atoms with Crippen LogP contribution < -0.4 is 4.90 Å². The van der Waals surface area contributed by atoms with Crippen LogP contribution in [-0.2, 0) is 6.54 Å². The Kier molecular flexibility index (Phi) is 6.72. The summed E-state index contributed by atoms with van der Waals surface area (Å²) in [5.74, 6) is 0.0483. The number of para-hydroxylation sites is 1. The van der Waals surface area contributed by atoms with Gasteiger partial charge in [0.05, 0.1) is 25.8 Å². The van der Waals surface area contributed by atoms with Crippen molar-refractivity contribution in [3.8, 4) is 11.3 Å². The normalized spacial score (nSPS) is 14.8. The summed E-state index contributed by atoms with van der Waals surface area (Å²) in [4.78, 5) is 20.8. The molecule has 0 aliphatic carbocycles. The zero-order valence-corrected chi connectivity index (χ0v) is 21.6. The Morgan fingerprint density at radius 1 is 1.11 bits per heavy atom. The number of carboxylic acid groups (broad SMARTS) is 1. The van der Waals surface area contributed by atoms with Crippen LogP contribution in [0.25, 0.3) is 21.5 Å². The number of fused-ring (bicyclic) bond motifs is 1. The van der Waals surface area contributed by atoms with Crippen LogP contribution in [0.15, 0.2) is 40.9 Å². The number of anilines is 1. The summed E-state index contributed by atoms with van der Waals surface area (Å²) in [5, 5.41) is 15.8. The summed E-state index contributed by atoms with van der Waals surface area (Å²) in [6.45, 7) is 8.04. The summed E-state index contributed by atoms with van der Waals surface area (Å²) < 4.78 is 6.64. The van der Waals surface area contributed by atoms with Crippen molar-refractivity contribution in [3.63, 3.8) is 0 Å². The molecule has 182 valence electrons. The summed E-state index contributed by atoms with van der Waals surface area (Å²) in [7, 11) is 0. The number of carbonyl (C=O) groups is 1. The zero-order valence-electron chi connectivity index (χ0n) is 19.3. The highest BCUT2D eigenvalue weighted by molar-refractivity contribution is 7.22. The van der Waals surface area contributed by atoms with Gasteiger partial charge in [0, 0.05) is 49.8 Å². The van der Waals surface area contributed by atoms with Crippen LogP contribution in [0.5, 0.6) is 0 Å². The molecule has 2 aromatic heterocycles. The smallest absolute Gasteiger partial charge is 0.337 e. The molecule has 10 heteroatoms. The minimum absolute atomic E-state index is 0.167. The quantitative estimate of drug-likeness (QED) is 0.308. The first-order valence-electron chi connectivity index (χ1n) is 11.4. The lowest BCUT2D eigenvalue weighted by Gasteiger charge is -2.34. The molecule has 0 amide bonds. The lowest BCUT2D eigenvalue weighted by molar-refractivity contribution is 0.0699. The summed E-state index contributed by atoms with van der Waals surface area (Å²) in [6.07, 6.45) is 0. The summed E-state index contributed by atoms with van der Waals surface area (Å²) >= 11 is 14.5. The molecule has 0 radical (unpaired) electrons. The average Bonchev–Trinajstić information content (AvgIpc) is 3.44. The van der Waals surface area contributed by atoms with Crippen LogP contribution in [0.3, 0.4) is 0 Å². The maximum atomic E-state index is 11.6. The fourth-order valence-corrected chi connectivity index (χ4v) is 6.04. The molecule has 7 nitrogen and oxygen atoms in total. The molecule has 1 fully saturated rings. The number of nitrogens with zero attached hydrogens (tertiary/aromatic N) is 4. The molecule has 1 N–H and O–H groups in total. The first kappa shape index (κ1) is 24.1. The second kappa shape index (κ2) is 9.78. The van der Waals surface area contributed by atoms with E-state index in [0.717, 1.165) is 47.3 Å². The number of aromatic carboxylic acids is 1. The fourth-order valence-electron chi connectivity index (χ4n) is 4.41. The minimum Gasteiger partial charge on any atom is -0.478 e. The standard InChI is InChI=1S/C25H24Cl2N4O3S/c1-14(2)23-16(22(29-34-23)20-17(26)6-4-7-18(20)27)13-30-9-11-31(12-10-30)25-28-21-15(24(32)33)5-3-8-19(21)35-25/h3-8,14H,9-13H2,1-2H3,(H,32,33). The molecule has 35 heavy (non-hydrogen) atoms. The van der Waals surface area contributed by atoms with Gasteiger partial charge in [-0.3, -0.25) is 4.90 Å². The van der Waals surface area contributed by atoms with Crippen LogP contribution in [0.1, 0.15) is 41.4 Å². The first-order chi connectivity index (χ1) is 16.8. The fraction of sp³-hybridized carbons (Fsp3) is 0.320. The number of rotatable bonds is 6. The van der Waals surface area contributed by atoms with Crippen LogP contribution >= 0.6 is 34.5 Å². The highest BCUT2D eigenvalue weighted by Crippen LogP contribution is 2.39. The molecule has 2 aromatic carbocycles. The Morgan fingerprint density at radius 2 is 1.80 bits per heavy atom. The van der Waals surface area contributed by atoms with E-state index in [1.54, 1.807) is 12.1 Å². The third-order valence-electron chi connectivity index (χ3n) is 6.21. The van der Waals surface area contributed by atoms with E-state index in [9.17, 15) is 9.90 Å². The SMILES string of the molecule is CC(C)c1onc(-c2c(Cl)cccc2Cl)c1CN1CCN(c2nc3c(C(=O)O)cccc3s2)CC1. The van der Waals surface area contributed by atoms with Gasteiger partial charge in [0.2, 0.25) is 0 Å². The van der Waals surface area contributed by atoms with Crippen molar-refractivity contribution in [1.82, 2.24) is 15.0 Å². The Labute approximate surface area is 216 Å². The van der Waals surface area contributed by atoms with E-state index >= 15 is 0 Å². The number of carboxylic acids is 1. The molecule has 0 saturated carbocycles. The number of benzene rings is 2. The van der Waals surface area contributed by atoms with Crippen molar-refractivity contribution < 1.29 is 14.4 Å². The van der Waals surface area contributed by atoms with Crippen molar-refractivity contribution in [3.05, 3.63) is 63.3 Å². The van der Waals surface area contributed by atoms with E-state index < -0.39 is 5.97 Å². The molecule has 0 spiro atoms. The van der Waals surface area contributed by atoms with Gasteiger partial charge in [0.15, 0.2) is 5.13 Å². The predicted octanol–water partition coefficient (Wildman–Crippen LogP) is 6.40. The molecule has 4 aromatic rings. The first-order valence-corrected chi connectivity index (χ1v) is 12.9. The number of hydrogen-bond acceptors (Lipinski definition) is 7. The van der Waals surface area contributed by atoms with Crippen molar-refractivity contribution >= 4 is 55.9 Å². The Hall–Kier alpha value is -2.65. The molecular formula is C25H24Cl2N4O3S. The largest absolute Gasteiger partial charge is 0.478 e. The number of hydrogen-bond donors (Lipinski definition) is 1. The Balaban J connectivity index is 1.36. The Morgan fingerprint density at radius 3 is 2.46 bits per heavy atom. The van der Waals surface area contributed by atoms with Gasteiger partial charge in [0.1, 0.15) is 11.5 Å². The number of halogens is 2. The highest BCUT2D eigenvalue weighted by atomic mass is 35.5. The molecule has 3 heterocycles. The zero-order chi connectivity index (χ0) is 24.7. The molecule has 0 bridgehead atoms. The van der Waals surface area contributed by atoms with E-state index in [-0.39, 0.29) is 11.5 Å². The van der Waals surface area contributed by atoms with E-state index in [1.165, 1.54) is 11.3 Å². The Bertz CT molecular complexity index is 1370. The van der Waals surface area contributed by atoms with Crippen LogP contribution in [0.2, 0.25) is 10.0 Å². The van der Waals surface area contributed by atoms with Crippen LogP contribution in [0.4, 0.5) is 5.13 Å². The molecule has 5 rings (SSSR count). The molecular weight excluding hydrogens is 507 g/mol. The predicted molar refractivity (Wildman–Crippen MR) is 140 cm³/mol. The maximum absolute atomic E-state index is 11.6. The van der Waals surface area contributed by atoms with Gasteiger partial charge in [-0.2, -0.15) is 0 Å². The topological polar surface area (TPSA) is 82.7 Å². The molecule has 1 saturated heterocycles. The van der Waals surface area contributed by atoms with Crippen molar-refractivity contribution in [2.24, 2.45) is 0 Å². The van der Waals surface area contributed by atoms with E-state index in [4.69, 9.17) is 27.7 Å². The van der Waals surface area contributed by atoms with Crippen molar-refractivity contribution in [2.45, 2.75) is 26.3 Å². The number of aromatic nitrogens is 2. The van der Waals surface area contributed by atoms with Crippen LogP contribution in [0, 0.1) is 0 Å². The molecule has 0 unspecified atom stereocenters. The van der Waals surface area contributed by atoms with Gasteiger partial charge >= 0.3 is 5.97 Å². The lowest BCUT2D eigenvalue weighted by Crippen LogP contribution is -2.46. The van der Waals surface area contributed by atoms with Crippen molar-refractivity contribution in [2.75, 3.05) is 31.1 Å². The van der Waals surface area contributed by atoms with Gasteiger partial charge < -0.3 is 14.5 Å². The minimum atomic E-state index is -0.957. The number of piperazine rings is 1. The second-order valence-electron chi connectivity index (χ2n) is 8.84. The lowest BCUT2D eigenvalue weighted by atomic mass is 10.00. The van der Waals surface area contributed by atoms with Gasteiger partial charge in [-0.25, -0.2) is 9.78 Å². The molecule has 1 aliphatic rings. The third-order valence-corrected chi connectivity index (χ3v) is 7.92. The summed E-state index contributed by atoms with van der Waals surface area (Å²) in [6, 6.07) is 10.7. The molecule has 0 atom stereocenters. The van der Waals surface area contributed by atoms with Gasteiger partial charge in [0.25, 0.3) is 0 Å². The highest BCUT2D eigenvalue weighted by Gasteiger charge is 2.27. The summed E-state index contributed by atoms with van der Waals surface area (Å²) in [5.41, 5.74) is 3.19. The second-order valence-corrected chi connectivity index (χ2v) is 10.7. The average molecular weight is 531 g/mol.